The van der Waals surface area contributed by atoms with E-state index in [-0.39, 0.29) is 19.0 Å². The molecule has 1 aromatic carbocycles. The molecule has 0 fully saturated rings. The van der Waals surface area contributed by atoms with Crippen molar-refractivity contribution in [2.45, 2.75) is 26.4 Å². The zero-order chi connectivity index (χ0) is 22.9. The Morgan fingerprint density at radius 1 is 1.38 bits per heavy atom. The van der Waals surface area contributed by atoms with Gasteiger partial charge in [-0.15, -0.1) is 0 Å². The highest BCUT2D eigenvalue weighted by molar-refractivity contribution is 6.32. The van der Waals surface area contributed by atoms with Gasteiger partial charge in [-0.3, -0.25) is 4.79 Å². The molecular weight excluding hydrogens is 432 g/mol. The fourth-order valence-corrected chi connectivity index (χ4v) is 3.56. The predicted octanol–water partition coefficient (Wildman–Crippen LogP) is 4.25. The van der Waals surface area contributed by atoms with Crippen molar-refractivity contribution in [3.63, 3.8) is 0 Å². The second-order valence-corrected chi connectivity index (χ2v) is 7.43. The van der Waals surface area contributed by atoms with Crippen molar-refractivity contribution in [1.29, 1.82) is 0 Å². The van der Waals surface area contributed by atoms with Gasteiger partial charge in [0.15, 0.2) is 5.65 Å². The molecule has 2 heterocycles. The van der Waals surface area contributed by atoms with Crippen LogP contribution in [0.3, 0.4) is 0 Å². The van der Waals surface area contributed by atoms with E-state index in [4.69, 9.17) is 21.9 Å². The number of halogens is 1. The Morgan fingerprint density at radius 3 is 2.97 bits per heavy atom. The number of pyridine rings is 1. The first-order valence-corrected chi connectivity index (χ1v) is 10.6. The van der Waals surface area contributed by atoms with Crippen LogP contribution in [-0.4, -0.2) is 52.3 Å². The van der Waals surface area contributed by atoms with Crippen molar-refractivity contribution in [2.75, 3.05) is 32.1 Å². The molecule has 0 bridgehead atoms. The first-order chi connectivity index (χ1) is 15.6. The third-order valence-corrected chi connectivity index (χ3v) is 5.17. The van der Waals surface area contributed by atoms with Gasteiger partial charge in [0, 0.05) is 47.9 Å². The molecule has 0 radical (unpaired) electrons. The first-order valence-electron chi connectivity index (χ1n) is 10.2. The van der Waals surface area contributed by atoms with Crippen LogP contribution in [0.4, 0.5) is 5.69 Å². The van der Waals surface area contributed by atoms with E-state index < -0.39 is 0 Å². The molecule has 0 atom stereocenters. The highest BCUT2D eigenvalue weighted by Gasteiger charge is 2.17. The van der Waals surface area contributed by atoms with Crippen LogP contribution >= 0.6 is 11.6 Å². The lowest BCUT2D eigenvalue weighted by atomic mass is 10.2. The van der Waals surface area contributed by atoms with Gasteiger partial charge in [-0.05, 0) is 36.2 Å². The smallest absolute Gasteiger partial charge is 0.244 e. The van der Waals surface area contributed by atoms with Gasteiger partial charge in [0.1, 0.15) is 12.3 Å². The topological polar surface area (TPSA) is 121 Å². The largest absolute Gasteiger partial charge is 0.495 e. The van der Waals surface area contributed by atoms with Crippen LogP contribution < -0.4 is 10.1 Å². The lowest BCUT2D eigenvalue weighted by Gasteiger charge is -2.23. The second kappa shape index (κ2) is 11.2. The van der Waals surface area contributed by atoms with Crippen molar-refractivity contribution >= 4 is 34.2 Å². The van der Waals surface area contributed by atoms with Crippen molar-refractivity contribution in [1.82, 2.24) is 19.7 Å². The molecule has 2 aromatic heterocycles. The van der Waals surface area contributed by atoms with E-state index in [0.29, 0.717) is 41.7 Å². The minimum atomic E-state index is -0.0623. The predicted molar refractivity (Wildman–Crippen MR) is 124 cm³/mol. The lowest BCUT2D eigenvalue weighted by molar-refractivity contribution is -0.131. The fraction of sp³-hybridized carbons (Fsp3) is 0.381. The number of benzene rings is 1. The van der Waals surface area contributed by atoms with E-state index in [1.165, 1.54) is 0 Å². The molecule has 0 saturated carbocycles. The van der Waals surface area contributed by atoms with Crippen LogP contribution in [-0.2, 0) is 17.9 Å². The standard InChI is InChI=1S/C21H25ClN8O2/c1-3-10-29(11-9-24-15-6-7-17(22)19(12-15)32-2)20(31)14-30-21-16(5-4-8-25-21)18(27-30)13-26-28-23/h4-8,12,24H,3,9-11,13-14H2,1-2H3. The summed E-state index contributed by atoms with van der Waals surface area (Å²) in [4.78, 5) is 22.0. The molecule has 11 heteroatoms. The summed E-state index contributed by atoms with van der Waals surface area (Å²) in [6.45, 7) is 3.90. The van der Waals surface area contributed by atoms with Gasteiger partial charge in [-0.2, -0.15) is 5.10 Å². The van der Waals surface area contributed by atoms with Gasteiger partial charge in [-0.25, -0.2) is 9.67 Å². The number of methoxy groups -OCH3 is 1. The Hall–Kier alpha value is -3.49. The van der Waals surface area contributed by atoms with Gasteiger partial charge in [0.05, 0.1) is 24.4 Å². The average molecular weight is 457 g/mol. The molecule has 1 N–H and O–H groups in total. The van der Waals surface area contributed by atoms with E-state index in [2.05, 4.69) is 25.4 Å². The van der Waals surface area contributed by atoms with Gasteiger partial charge >= 0.3 is 0 Å². The van der Waals surface area contributed by atoms with Crippen LogP contribution in [0.1, 0.15) is 19.0 Å². The number of anilines is 1. The molecule has 0 saturated heterocycles. The molecule has 0 aliphatic carbocycles. The summed E-state index contributed by atoms with van der Waals surface area (Å²) in [5.74, 6) is 0.528. The van der Waals surface area contributed by atoms with E-state index in [1.54, 1.807) is 35.0 Å². The molecule has 32 heavy (non-hydrogen) atoms. The number of rotatable bonds is 11. The monoisotopic (exact) mass is 456 g/mol. The SMILES string of the molecule is CCCN(CCNc1ccc(Cl)c(OC)c1)C(=O)Cn1nc(CN=[N+]=[N-])c2cccnc21. The fourth-order valence-electron chi connectivity index (χ4n) is 3.36. The number of carbonyl (C=O) groups is 1. The normalized spacial score (nSPS) is 10.6. The number of aromatic nitrogens is 3. The Kier molecular flexibility index (Phi) is 8.13. The number of hydrogen-bond acceptors (Lipinski definition) is 6. The number of carbonyl (C=O) groups excluding carboxylic acids is 1. The summed E-state index contributed by atoms with van der Waals surface area (Å²) < 4.78 is 6.81. The lowest BCUT2D eigenvalue weighted by Crippen LogP contribution is -2.38. The maximum atomic E-state index is 13.0. The first kappa shape index (κ1) is 23.2. The average Bonchev–Trinajstić information content (AvgIpc) is 3.15. The van der Waals surface area contributed by atoms with E-state index in [0.717, 1.165) is 17.5 Å². The van der Waals surface area contributed by atoms with Crippen LogP contribution in [0.2, 0.25) is 5.02 Å². The van der Waals surface area contributed by atoms with Crippen LogP contribution in [0.25, 0.3) is 21.5 Å². The molecule has 168 valence electrons. The van der Waals surface area contributed by atoms with Crippen molar-refractivity contribution in [2.24, 2.45) is 5.11 Å². The molecule has 3 aromatic rings. The molecular formula is C21H25ClN8O2. The number of ether oxygens (including phenoxy) is 1. The number of nitrogens with one attached hydrogen (secondary N) is 1. The summed E-state index contributed by atoms with van der Waals surface area (Å²) >= 11 is 6.07. The molecule has 1 amide bonds. The highest BCUT2D eigenvalue weighted by atomic mass is 35.5. The third-order valence-electron chi connectivity index (χ3n) is 4.86. The molecule has 0 spiro atoms. The summed E-state index contributed by atoms with van der Waals surface area (Å²) in [5, 5.41) is 12.7. The molecule has 0 unspecified atom stereocenters. The maximum absolute atomic E-state index is 13.0. The Labute approximate surface area is 190 Å². The molecule has 0 aliphatic rings. The number of azide groups is 1. The summed E-state index contributed by atoms with van der Waals surface area (Å²) in [5.41, 5.74) is 10.7. The third kappa shape index (κ3) is 5.60. The number of hydrogen-bond donors (Lipinski definition) is 1. The Bertz CT molecular complexity index is 1130. The second-order valence-electron chi connectivity index (χ2n) is 7.02. The van der Waals surface area contributed by atoms with Crippen molar-refractivity contribution in [3.05, 3.63) is 57.7 Å². The van der Waals surface area contributed by atoms with E-state index in [1.807, 2.05) is 25.1 Å². The summed E-state index contributed by atoms with van der Waals surface area (Å²) in [6, 6.07) is 9.09. The summed E-state index contributed by atoms with van der Waals surface area (Å²) in [6.07, 6.45) is 2.48. The Morgan fingerprint density at radius 2 is 2.22 bits per heavy atom. The number of nitrogens with zero attached hydrogens (tertiary/aromatic N) is 7. The molecule has 0 aliphatic heterocycles. The van der Waals surface area contributed by atoms with Gasteiger partial charge in [-0.1, -0.05) is 23.6 Å². The maximum Gasteiger partial charge on any atom is 0.244 e. The number of amides is 1. The molecule has 3 rings (SSSR count). The van der Waals surface area contributed by atoms with Gasteiger partial charge in [0.2, 0.25) is 5.91 Å². The van der Waals surface area contributed by atoms with Gasteiger partial charge < -0.3 is 15.0 Å². The quantitative estimate of drug-likeness (QED) is 0.262. The summed E-state index contributed by atoms with van der Waals surface area (Å²) in [7, 11) is 1.57. The van der Waals surface area contributed by atoms with Crippen molar-refractivity contribution < 1.29 is 9.53 Å². The van der Waals surface area contributed by atoms with Crippen molar-refractivity contribution in [3.8, 4) is 5.75 Å². The Balaban J connectivity index is 1.68. The minimum absolute atomic E-state index is 0.0541. The van der Waals surface area contributed by atoms with Crippen LogP contribution in [0.15, 0.2) is 41.6 Å². The zero-order valence-corrected chi connectivity index (χ0v) is 18.8. The zero-order valence-electron chi connectivity index (χ0n) is 18.0. The minimum Gasteiger partial charge on any atom is -0.495 e. The highest BCUT2D eigenvalue weighted by Crippen LogP contribution is 2.27. The van der Waals surface area contributed by atoms with Crippen LogP contribution in [0, 0.1) is 0 Å². The van der Waals surface area contributed by atoms with E-state index in [9.17, 15) is 4.79 Å². The van der Waals surface area contributed by atoms with E-state index >= 15 is 0 Å². The van der Waals surface area contributed by atoms with Crippen LogP contribution in [0.5, 0.6) is 5.75 Å². The molecule has 10 nitrogen and oxygen atoms in total. The number of fused-ring (bicyclic) bond motifs is 1. The van der Waals surface area contributed by atoms with Gasteiger partial charge in [0.25, 0.3) is 0 Å².